The summed E-state index contributed by atoms with van der Waals surface area (Å²) in [4.78, 5) is 25.2. The van der Waals surface area contributed by atoms with E-state index in [2.05, 4.69) is 9.97 Å². The summed E-state index contributed by atoms with van der Waals surface area (Å²) in [5.74, 6) is 0.329. The molecule has 5 heteroatoms. The van der Waals surface area contributed by atoms with Crippen LogP contribution < -0.4 is 9.80 Å². The van der Waals surface area contributed by atoms with Crippen LogP contribution in [0.15, 0.2) is 66.7 Å². The minimum absolute atomic E-state index is 0.167. The maximum atomic E-state index is 12.8. The van der Waals surface area contributed by atoms with Crippen LogP contribution in [0.25, 0.3) is 0 Å². The lowest BCUT2D eigenvalue weighted by molar-refractivity contribution is 0.0988. The SMILES string of the molecule is Cc1cc(C(=O)N(C)c2ccccc2)nc(N(C)c2ccccc2)n1. The second kappa shape index (κ2) is 7.13. The Balaban J connectivity index is 1.93. The highest BCUT2D eigenvalue weighted by atomic mass is 16.2. The fraction of sp³-hybridized carbons (Fsp3) is 0.150. The van der Waals surface area contributed by atoms with Crippen LogP contribution in [-0.2, 0) is 0 Å². The maximum Gasteiger partial charge on any atom is 0.276 e. The van der Waals surface area contributed by atoms with Gasteiger partial charge in [-0.05, 0) is 37.3 Å². The number of carbonyl (C=O) groups is 1. The standard InChI is InChI=1S/C20H20N4O/c1-15-14-18(19(25)23(2)16-10-6-4-7-11-16)22-20(21-15)24(3)17-12-8-5-9-13-17/h4-14H,1-3H3. The smallest absolute Gasteiger partial charge is 0.276 e. The van der Waals surface area contributed by atoms with E-state index in [-0.39, 0.29) is 5.91 Å². The predicted octanol–water partition coefficient (Wildman–Crippen LogP) is 3.83. The summed E-state index contributed by atoms with van der Waals surface area (Å²) in [6.07, 6.45) is 0. The summed E-state index contributed by atoms with van der Waals surface area (Å²) in [7, 11) is 3.63. The van der Waals surface area contributed by atoms with Crippen LogP contribution in [0.5, 0.6) is 0 Å². The van der Waals surface area contributed by atoms with Crippen molar-refractivity contribution in [1.82, 2.24) is 9.97 Å². The molecule has 0 spiro atoms. The lowest BCUT2D eigenvalue weighted by atomic mass is 10.2. The molecule has 0 atom stereocenters. The van der Waals surface area contributed by atoms with E-state index in [1.165, 1.54) is 0 Å². The van der Waals surface area contributed by atoms with E-state index in [4.69, 9.17) is 0 Å². The molecule has 0 bridgehead atoms. The van der Waals surface area contributed by atoms with Crippen LogP contribution >= 0.6 is 0 Å². The molecule has 5 nitrogen and oxygen atoms in total. The van der Waals surface area contributed by atoms with Gasteiger partial charge in [-0.1, -0.05) is 36.4 Å². The first-order valence-electron chi connectivity index (χ1n) is 8.04. The Morgan fingerprint density at radius 1 is 0.840 bits per heavy atom. The van der Waals surface area contributed by atoms with Crippen molar-refractivity contribution in [2.75, 3.05) is 23.9 Å². The number of amides is 1. The highest BCUT2D eigenvalue weighted by Gasteiger charge is 2.18. The monoisotopic (exact) mass is 332 g/mol. The van der Waals surface area contributed by atoms with Gasteiger partial charge in [-0.3, -0.25) is 4.79 Å². The molecule has 1 amide bonds. The number of hydrogen-bond acceptors (Lipinski definition) is 4. The Hall–Kier alpha value is -3.21. The minimum Gasteiger partial charge on any atom is -0.314 e. The van der Waals surface area contributed by atoms with Crippen molar-refractivity contribution < 1.29 is 4.79 Å². The van der Waals surface area contributed by atoms with Crippen LogP contribution in [0.4, 0.5) is 17.3 Å². The number of para-hydroxylation sites is 2. The Bertz CT molecular complexity index is 865. The number of aromatic nitrogens is 2. The number of hydrogen-bond donors (Lipinski definition) is 0. The number of nitrogens with zero attached hydrogens (tertiary/aromatic N) is 4. The topological polar surface area (TPSA) is 49.3 Å². The molecule has 0 radical (unpaired) electrons. The molecular formula is C20H20N4O. The van der Waals surface area contributed by atoms with Crippen molar-refractivity contribution in [2.45, 2.75) is 6.92 Å². The third kappa shape index (κ3) is 3.66. The first-order valence-corrected chi connectivity index (χ1v) is 8.04. The average Bonchev–Trinajstić information content (AvgIpc) is 2.67. The molecule has 3 rings (SSSR count). The molecule has 2 aromatic carbocycles. The van der Waals surface area contributed by atoms with Crippen molar-refractivity contribution in [3.05, 3.63) is 78.1 Å². The molecule has 0 aliphatic rings. The fourth-order valence-electron chi connectivity index (χ4n) is 2.52. The summed E-state index contributed by atoms with van der Waals surface area (Å²) in [6.45, 7) is 1.86. The molecule has 126 valence electrons. The predicted molar refractivity (Wildman–Crippen MR) is 100 cm³/mol. The zero-order valence-corrected chi connectivity index (χ0v) is 14.5. The first-order chi connectivity index (χ1) is 12.1. The lowest BCUT2D eigenvalue weighted by Crippen LogP contribution is -2.28. The molecule has 0 aliphatic carbocycles. The quantitative estimate of drug-likeness (QED) is 0.728. The van der Waals surface area contributed by atoms with Gasteiger partial charge in [0.15, 0.2) is 0 Å². The number of carbonyl (C=O) groups excluding carboxylic acids is 1. The van der Waals surface area contributed by atoms with Crippen LogP contribution in [0.2, 0.25) is 0 Å². The summed E-state index contributed by atoms with van der Waals surface area (Å²) in [6, 6.07) is 21.0. The third-order valence-electron chi connectivity index (χ3n) is 3.95. The molecule has 1 aromatic heterocycles. The molecule has 0 saturated carbocycles. The number of anilines is 3. The normalized spacial score (nSPS) is 10.4. The summed E-state index contributed by atoms with van der Waals surface area (Å²) < 4.78 is 0. The Labute approximate surface area is 147 Å². The Morgan fingerprint density at radius 3 is 2.00 bits per heavy atom. The van der Waals surface area contributed by atoms with E-state index in [0.717, 1.165) is 17.1 Å². The molecular weight excluding hydrogens is 312 g/mol. The number of aryl methyl sites for hydroxylation is 1. The van der Waals surface area contributed by atoms with E-state index in [1.807, 2.05) is 79.5 Å². The maximum absolute atomic E-state index is 12.8. The van der Waals surface area contributed by atoms with Gasteiger partial charge in [-0.25, -0.2) is 9.97 Å². The molecule has 3 aromatic rings. The average molecular weight is 332 g/mol. The zero-order valence-electron chi connectivity index (χ0n) is 14.5. The second-order valence-electron chi connectivity index (χ2n) is 5.79. The molecule has 0 saturated heterocycles. The molecule has 0 N–H and O–H groups in total. The fourth-order valence-corrected chi connectivity index (χ4v) is 2.52. The summed E-state index contributed by atoms with van der Waals surface area (Å²) in [5, 5.41) is 0. The van der Waals surface area contributed by atoms with E-state index < -0.39 is 0 Å². The van der Waals surface area contributed by atoms with E-state index in [9.17, 15) is 4.79 Å². The number of benzene rings is 2. The highest BCUT2D eigenvalue weighted by Crippen LogP contribution is 2.21. The molecule has 0 aliphatic heterocycles. The van der Waals surface area contributed by atoms with Crippen molar-refractivity contribution in [1.29, 1.82) is 0 Å². The van der Waals surface area contributed by atoms with Crippen LogP contribution in [0.1, 0.15) is 16.2 Å². The van der Waals surface area contributed by atoms with Gasteiger partial charge in [0.05, 0.1) is 0 Å². The molecule has 25 heavy (non-hydrogen) atoms. The molecule has 0 unspecified atom stereocenters. The van der Waals surface area contributed by atoms with Gasteiger partial charge in [0.1, 0.15) is 5.69 Å². The lowest BCUT2D eigenvalue weighted by Gasteiger charge is -2.20. The largest absolute Gasteiger partial charge is 0.314 e. The molecule has 0 fully saturated rings. The van der Waals surface area contributed by atoms with Gasteiger partial charge in [0.2, 0.25) is 5.95 Å². The van der Waals surface area contributed by atoms with Crippen LogP contribution in [0, 0.1) is 6.92 Å². The van der Waals surface area contributed by atoms with Crippen molar-refractivity contribution in [3.63, 3.8) is 0 Å². The minimum atomic E-state index is -0.167. The zero-order chi connectivity index (χ0) is 17.8. The first kappa shape index (κ1) is 16.6. The van der Waals surface area contributed by atoms with Crippen molar-refractivity contribution >= 4 is 23.2 Å². The number of rotatable bonds is 4. The molecule has 1 heterocycles. The van der Waals surface area contributed by atoms with Crippen LogP contribution in [0.3, 0.4) is 0 Å². The second-order valence-corrected chi connectivity index (χ2v) is 5.79. The van der Waals surface area contributed by atoms with Gasteiger partial charge in [0.25, 0.3) is 5.91 Å². The van der Waals surface area contributed by atoms with E-state index >= 15 is 0 Å². The van der Waals surface area contributed by atoms with Crippen molar-refractivity contribution in [3.8, 4) is 0 Å². The van der Waals surface area contributed by atoms with Gasteiger partial charge in [0, 0.05) is 31.2 Å². The summed E-state index contributed by atoms with van der Waals surface area (Å²) in [5.41, 5.74) is 2.90. The van der Waals surface area contributed by atoms with Gasteiger partial charge in [-0.2, -0.15) is 0 Å². The van der Waals surface area contributed by atoms with Gasteiger partial charge >= 0.3 is 0 Å². The highest BCUT2D eigenvalue weighted by molar-refractivity contribution is 6.04. The summed E-state index contributed by atoms with van der Waals surface area (Å²) >= 11 is 0. The van der Waals surface area contributed by atoms with Crippen molar-refractivity contribution in [2.24, 2.45) is 0 Å². The Kier molecular flexibility index (Phi) is 4.75. The third-order valence-corrected chi connectivity index (χ3v) is 3.95. The van der Waals surface area contributed by atoms with Crippen LogP contribution in [-0.4, -0.2) is 30.0 Å². The van der Waals surface area contributed by atoms with Gasteiger partial charge in [-0.15, -0.1) is 0 Å². The van der Waals surface area contributed by atoms with E-state index in [0.29, 0.717) is 11.6 Å². The Morgan fingerprint density at radius 2 is 1.40 bits per heavy atom. The van der Waals surface area contributed by atoms with Gasteiger partial charge < -0.3 is 9.80 Å². The van der Waals surface area contributed by atoms with E-state index in [1.54, 1.807) is 18.0 Å².